The van der Waals surface area contributed by atoms with Crippen molar-refractivity contribution in [3.8, 4) is 0 Å². The predicted octanol–water partition coefficient (Wildman–Crippen LogP) is 3.20. The number of amides is 1. The Balaban J connectivity index is 1.83. The van der Waals surface area contributed by atoms with E-state index in [1.807, 2.05) is 37.3 Å². The molecule has 1 atom stereocenters. The van der Waals surface area contributed by atoms with E-state index >= 15 is 0 Å². The Morgan fingerprint density at radius 1 is 1.32 bits per heavy atom. The summed E-state index contributed by atoms with van der Waals surface area (Å²) in [5.41, 5.74) is 0.932. The van der Waals surface area contributed by atoms with Crippen molar-refractivity contribution in [3.63, 3.8) is 0 Å². The Morgan fingerprint density at radius 2 is 2.09 bits per heavy atom. The highest BCUT2D eigenvalue weighted by atomic mass is 35.5. The zero-order chi connectivity index (χ0) is 15.8. The molecule has 1 aromatic carbocycles. The summed E-state index contributed by atoms with van der Waals surface area (Å²) in [6.45, 7) is 2.15. The van der Waals surface area contributed by atoms with Crippen LogP contribution in [0.1, 0.15) is 18.9 Å². The van der Waals surface area contributed by atoms with E-state index in [0.717, 1.165) is 5.56 Å². The van der Waals surface area contributed by atoms with E-state index in [-0.39, 0.29) is 18.1 Å². The van der Waals surface area contributed by atoms with Gasteiger partial charge in [0.25, 0.3) is 0 Å². The molecule has 0 spiro atoms. The summed E-state index contributed by atoms with van der Waals surface area (Å²) in [6, 6.07) is 11.2. The lowest BCUT2D eigenvalue weighted by Gasteiger charge is -2.19. The van der Waals surface area contributed by atoms with Crippen molar-refractivity contribution in [3.05, 3.63) is 53.4 Å². The Bertz CT molecular complexity index is 610. The number of carbonyl (C=O) groups is 1. The summed E-state index contributed by atoms with van der Waals surface area (Å²) in [5.74, 6) is 0.537. The molecule has 1 heterocycles. The molecule has 116 valence electrons. The van der Waals surface area contributed by atoms with Gasteiger partial charge in [0.2, 0.25) is 5.28 Å². The van der Waals surface area contributed by atoms with Crippen LogP contribution in [-0.4, -0.2) is 22.2 Å². The van der Waals surface area contributed by atoms with Crippen molar-refractivity contribution in [2.24, 2.45) is 0 Å². The van der Waals surface area contributed by atoms with Crippen molar-refractivity contribution in [2.45, 2.75) is 26.1 Å². The van der Waals surface area contributed by atoms with Crippen LogP contribution in [0.3, 0.4) is 0 Å². The zero-order valence-electron chi connectivity index (χ0n) is 12.1. The summed E-state index contributed by atoms with van der Waals surface area (Å²) in [6.07, 6.45) is 1.39. The van der Waals surface area contributed by atoms with Crippen LogP contribution in [0.2, 0.25) is 5.28 Å². The zero-order valence-corrected chi connectivity index (χ0v) is 12.9. The maximum atomic E-state index is 11.8. The first kappa shape index (κ1) is 16.0. The number of hydrogen-bond acceptors (Lipinski definition) is 5. The summed E-state index contributed by atoms with van der Waals surface area (Å²) in [5, 5.41) is 5.93. The molecule has 2 aromatic rings. The Hall–Kier alpha value is -2.34. The van der Waals surface area contributed by atoms with Gasteiger partial charge in [-0.1, -0.05) is 37.3 Å². The van der Waals surface area contributed by atoms with Crippen LogP contribution in [0.25, 0.3) is 0 Å². The van der Waals surface area contributed by atoms with Crippen LogP contribution in [0.4, 0.5) is 10.6 Å². The van der Waals surface area contributed by atoms with Crippen molar-refractivity contribution >= 4 is 23.5 Å². The maximum Gasteiger partial charge on any atom is 0.409 e. The van der Waals surface area contributed by atoms with E-state index < -0.39 is 6.09 Å². The number of benzene rings is 1. The minimum Gasteiger partial charge on any atom is -0.445 e. The monoisotopic (exact) mass is 320 g/mol. The fourth-order valence-electron chi connectivity index (χ4n) is 1.74. The largest absolute Gasteiger partial charge is 0.445 e. The lowest BCUT2D eigenvalue weighted by atomic mass is 10.2. The number of ether oxygens (including phenoxy) is 1. The van der Waals surface area contributed by atoms with Gasteiger partial charge in [0.1, 0.15) is 18.6 Å². The third-order valence-corrected chi connectivity index (χ3v) is 3.04. The van der Waals surface area contributed by atoms with Gasteiger partial charge in [0, 0.05) is 6.20 Å². The molecule has 0 aliphatic heterocycles. The number of rotatable bonds is 6. The molecule has 0 bridgehead atoms. The predicted molar refractivity (Wildman–Crippen MR) is 84.5 cm³/mol. The van der Waals surface area contributed by atoms with Crippen molar-refractivity contribution in [1.29, 1.82) is 0 Å². The smallest absolute Gasteiger partial charge is 0.409 e. The van der Waals surface area contributed by atoms with Gasteiger partial charge in [-0.2, -0.15) is 0 Å². The second kappa shape index (κ2) is 8.19. The van der Waals surface area contributed by atoms with Crippen molar-refractivity contribution < 1.29 is 9.53 Å². The highest BCUT2D eigenvalue weighted by Crippen LogP contribution is 2.08. The highest BCUT2D eigenvalue weighted by molar-refractivity contribution is 6.28. The van der Waals surface area contributed by atoms with Crippen LogP contribution >= 0.6 is 11.6 Å². The van der Waals surface area contributed by atoms with E-state index in [0.29, 0.717) is 12.2 Å². The van der Waals surface area contributed by atoms with Crippen LogP contribution in [0.15, 0.2) is 42.6 Å². The first-order valence-electron chi connectivity index (χ1n) is 6.89. The summed E-state index contributed by atoms with van der Waals surface area (Å²) in [7, 11) is 0. The van der Waals surface area contributed by atoms with E-state index in [1.54, 1.807) is 6.07 Å². The standard InChI is InChI=1S/C15H17ClN4O2/c1-2-12(18-13-8-9-17-14(16)19-13)20-15(21)22-10-11-6-4-3-5-7-11/h3-9,12H,2,10H2,1H3,(H,20,21)(H,17,18,19). The average Bonchev–Trinajstić information content (AvgIpc) is 2.53. The van der Waals surface area contributed by atoms with Gasteiger partial charge >= 0.3 is 6.09 Å². The highest BCUT2D eigenvalue weighted by Gasteiger charge is 2.12. The van der Waals surface area contributed by atoms with Crippen LogP contribution in [0.5, 0.6) is 0 Å². The first-order chi connectivity index (χ1) is 10.7. The van der Waals surface area contributed by atoms with Crippen LogP contribution < -0.4 is 10.6 Å². The first-order valence-corrected chi connectivity index (χ1v) is 7.27. The Labute approximate surface area is 133 Å². The molecule has 0 radical (unpaired) electrons. The molecule has 0 saturated heterocycles. The Kier molecular flexibility index (Phi) is 5.97. The molecule has 2 N–H and O–H groups in total. The molecule has 22 heavy (non-hydrogen) atoms. The van der Waals surface area contributed by atoms with E-state index in [4.69, 9.17) is 16.3 Å². The molecule has 1 unspecified atom stereocenters. The molecule has 1 amide bonds. The SMILES string of the molecule is CCC(NC(=O)OCc1ccccc1)Nc1ccnc(Cl)n1. The lowest BCUT2D eigenvalue weighted by molar-refractivity contribution is 0.136. The molecule has 2 rings (SSSR count). The molecule has 6 nitrogen and oxygen atoms in total. The van der Waals surface area contributed by atoms with Gasteiger partial charge in [-0.3, -0.25) is 0 Å². The molecular formula is C15H17ClN4O2. The third-order valence-electron chi connectivity index (χ3n) is 2.86. The minimum atomic E-state index is -0.497. The number of anilines is 1. The molecule has 7 heteroatoms. The molecule has 0 saturated carbocycles. The van der Waals surface area contributed by atoms with E-state index in [2.05, 4.69) is 20.6 Å². The molecule has 0 aliphatic carbocycles. The van der Waals surface area contributed by atoms with Crippen molar-refractivity contribution in [1.82, 2.24) is 15.3 Å². The minimum absolute atomic E-state index is 0.145. The summed E-state index contributed by atoms with van der Waals surface area (Å²) < 4.78 is 5.17. The van der Waals surface area contributed by atoms with Gasteiger partial charge in [-0.15, -0.1) is 0 Å². The number of alkyl carbamates (subject to hydrolysis) is 1. The van der Waals surface area contributed by atoms with Crippen LogP contribution in [0, 0.1) is 0 Å². The summed E-state index contributed by atoms with van der Waals surface area (Å²) in [4.78, 5) is 19.6. The van der Waals surface area contributed by atoms with Crippen LogP contribution in [-0.2, 0) is 11.3 Å². The van der Waals surface area contributed by atoms with Gasteiger partial charge in [-0.25, -0.2) is 14.8 Å². The molecular weight excluding hydrogens is 304 g/mol. The third kappa shape index (κ3) is 5.21. The number of aromatic nitrogens is 2. The number of nitrogens with zero attached hydrogens (tertiary/aromatic N) is 2. The van der Waals surface area contributed by atoms with Gasteiger partial charge < -0.3 is 15.4 Å². The number of hydrogen-bond donors (Lipinski definition) is 2. The molecule has 1 aromatic heterocycles. The second-order valence-electron chi connectivity index (χ2n) is 4.52. The molecule has 0 aliphatic rings. The normalized spacial score (nSPS) is 11.5. The average molecular weight is 321 g/mol. The maximum absolute atomic E-state index is 11.8. The van der Waals surface area contributed by atoms with Gasteiger partial charge in [0.15, 0.2) is 0 Å². The number of halogens is 1. The second-order valence-corrected chi connectivity index (χ2v) is 4.86. The topological polar surface area (TPSA) is 76.1 Å². The summed E-state index contributed by atoms with van der Waals surface area (Å²) >= 11 is 5.72. The fourth-order valence-corrected chi connectivity index (χ4v) is 1.89. The fraction of sp³-hybridized carbons (Fsp3) is 0.267. The lowest BCUT2D eigenvalue weighted by Crippen LogP contribution is -2.40. The van der Waals surface area contributed by atoms with Gasteiger partial charge in [-0.05, 0) is 29.7 Å². The Morgan fingerprint density at radius 3 is 2.77 bits per heavy atom. The molecule has 0 fully saturated rings. The van der Waals surface area contributed by atoms with E-state index in [1.165, 1.54) is 6.20 Å². The van der Waals surface area contributed by atoms with Crippen molar-refractivity contribution in [2.75, 3.05) is 5.32 Å². The number of nitrogens with one attached hydrogen (secondary N) is 2. The van der Waals surface area contributed by atoms with E-state index in [9.17, 15) is 4.79 Å². The van der Waals surface area contributed by atoms with Gasteiger partial charge in [0.05, 0.1) is 0 Å². The number of carbonyl (C=O) groups excluding carboxylic acids is 1. The quantitative estimate of drug-likeness (QED) is 0.631.